The van der Waals surface area contributed by atoms with Gasteiger partial charge in [-0.15, -0.1) is 11.3 Å². The molecule has 1 unspecified atom stereocenters. The van der Waals surface area contributed by atoms with Crippen LogP contribution < -0.4 is 0 Å². The van der Waals surface area contributed by atoms with Gasteiger partial charge in [-0.3, -0.25) is 0 Å². The van der Waals surface area contributed by atoms with Crippen molar-refractivity contribution in [2.45, 2.75) is 44.9 Å². The molecule has 1 aliphatic heterocycles. The van der Waals surface area contributed by atoms with Crippen molar-refractivity contribution in [3.63, 3.8) is 0 Å². The molecule has 0 saturated carbocycles. The summed E-state index contributed by atoms with van der Waals surface area (Å²) >= 11 is 1.64. The molecule has 0 bridgehead atoms. The zero-order valence-corrected chi connectivity index (χ0v) is 12.9. The smallest absolute Gasteiger partial charge is 0.383 e. The standard InChI is InChI=1S/C14H21F3N2OS/c1-10-18-12(9-21-10)3-2-6-19-7-4-11(5-8-19)13(20)14(15,16)17/h9,11,13,20H,2-8H2,1H3. The van der Waals surface area contributed by atoms with Crippen molar-refractivity contribution < 1.29 is 18.3 Å². The molecule has 2 heterocycles. The number of rotatable bonds is 5. The highest BCUT2D eigenvalue weighted by Crippen LogP contribution is 2.31. The van der Waals surface area contributed by atoms with Crippen LogP contribution in [-0.2, 0) is 6.42 Å². The fraction of sp³-hybridized carbons (Fsp3) is 0.786. The maximum atomic E-state index is 12.5. The van der Waals surface area contributed by atoms with Crippen LogP contribution in [0.5, 0.6) is 0 Å². The number of thiazole rings is 1. The summed E-state index contributed by atoms with van der Waals surface area (Å²) in [4.78, 5) is 6.58. The number of nitrogens with zero attached hydrogens (tertiary/aromatic N) is 2. The van der Waals surface area contributed by atoms with E-state index in [0.717, 1.165) is 30.1 Å². The first kappa shape index (κ1) is 16.7. The SMILES string of the molecule is Cc1nc(CCCN2CCC(C(O)C(F)(F)F)CC2)cs1. The van der Waals surface area contributed by atoms with E-state index in [1.807, 2.05) is 6.92 Å². The van der Waals surface area contributed by atoms with Crippen LogP contribution in [0.4, 0.5) is 13.2 Å². The normalized spacial score (nSPS) is 19.9. The van der Waals surface area contributed by atoms with Crippen molar-refractivity contribution in [3.05, 3.63) is 16.1 Å². The first-order valence-electron chi connectivity index (χ1n) is 7.24. The second kappa shape index (κ2) is 7.07. The second-order valence-electron chi connectivity index (χ2n) is 5.63. The Morgan fingerprint density at radius 3 is 2.62 bits per heavy atom. The molecule has 3 nitrogen and oxygen atoms in total. The molecule has 1 saturated heterocycles. The number of aryl methyl sites for hydroxylation is 2. The Hall–Kier alpha value is -0.660. The Morgan fingerprint density at radius 2 is 2.10 bits per heavy atom. The van der Waals surface area contributed by atoms with Gasteiger partial charge in [0, 0.05) is 5.38 Å². The van der Waals surface area contributed by atoms with Crippen LogP contribution in [-0.4, -0.2) is 46.9 Å². The molecule has 0 radical (unpaired) electrons. The zero-order chi connectivity index (χ0) is 15.5. The Morgan fingerprint density at radius 1 is 1.43 bits per heavy atom. The summed E-state index contributed by atoms with van der Waals surface area (Å²) in [6.45, 7) is 4.12. The summed E-state index contributed by atoms with van der Waals surface area (Å²) in [7, 11) is 0. The third-order valence-corrected chi connectivity index (χ3v) is 4.81. The van der Waals surface area contributed by atoms with Crippen molar-refractivity contribution in [2.24, 2.45) is 5.92 Å². The van der Waals surface area contributed by atoms with E-state index in [0.29, 0.717) is 25.9 Å². The minimum absolute atomic E-state index is 0.413. The highest BCUT2D eigenvalue weighted by molar-refractivity contribution is 7.09. The number of alkyl halides is 3. The molecule has 0 spiro atoms. The average molecular weight is 322 g/mol. The Balaban J connectivity index is 1.67. The van der Waals surface area contributed by atoms with E-state index in [1.165, 1.54) is 0 Å². The van der Waals surface area contributed by atoms with Gasteiger partial charge < -0.3 is 10.0 Å². The molecule has 1 atom stereocenters. The Bertz CT molecular complexity index is 442. The lowest BCUT2D eigenvalue weighted by atomic mass is 9.91. The third-order valence-electron chi connectivity index (χ3n) is 3.99. The summed E-state index contributed by atoms with van der Waals surface area (Å²) in [6, 6.07) is 0. The molecule has 1 aliphatic rings. The van der Waals surface area contributed by atoms with Crippen LogP contribution in [0, 0.1) is 12.8 Å². The monoisotopic (exact) mass is 322 g/mol. The largest absolute Gasteiger partial charge is 0.414 e. The first-order valence-corrected chi connectivity index (χ1v) is 8.12. The van der Waals surface area contributed by atoms with Gasteiger partial charge in [0.05, 0.1) is 10.7 Å². The molecule has 0 aliphatic carbocycles. The molecule has 1 fully saturated rings. The van der Waals surface area contributed by atoms with Crippen LogP contribution in [0.25, 0.3) is 0 Å². The molecule has 0 aromatic carbocycles. The Kier molecular flexibility index (Phi) is 5.62. The molecule has 1 N–H and O–H groups in total. The second-order valence-corrected chi connectivity index (χ2v) is 6.69. The van der Waals surface area contributed by atoms with Crippen molar-refractivity contribution in [2.75, 3.05) is 19.6 Å². The van der Waals surface area contributed by atoms with Crippen LogP contribution in [0.3, 0.4) is 0 Å². The predicted molar refractivity (Wildman–Crippen MR) is 76.4 cm³/mol. The number of aromatic nitrogens is 1. The van der Waals surface area contributed by atoms with E-state index in [9.17, 15) is 18.3 Å². The third kappa shape index (κ3) is 4.93. The molecule has 7 heteroatoms. The fourth-order valence-electron chi connectivity index (χ4n) is 2.77. The van der Waals surface area contributed by atoms with Gasteiger partial charge in [0.15, 0.2) is 6.10 Å². The van der Waals surface area contributed by atoms with E-state index < -0.39 is 18.2 Å². The summed E-state index contributed by atoms with van der Waals surface area (Å²) in [5.74, 6) is -0.651. The molecule has 1 aromatic heterocycles. The highest BCUT2D eigenvalue weighted by atomic mass is 32.1. The number of piperidine rings is 1. The Labute approximate surface area is 126 Å². The molecule has 21 heavy (non-hydrogen) atoms. The number of aliphatic hydroxyl groups excluding tert-OH is 1. The van der Waals surface area contributed by atoms with E-state index in [1.54, 1.807) is 11.3 Å². The number of halogens is 3. The first-order chi connectivity index (χ1) is 9.86. The van der Waals surface area contributed by atoms with Gasteiger partial charge in [0.25, 0.3) is 0 Å². The minimum atomic E-state index is -4.49. The van der Waals surface area contributed by atoms with Crippen molar-refractivity contribution in [1.29, 1.82) is 0 Å². The molecule has 0 amide bonds. The fourth-order valence-corrected chi connectivity index (χ4v) is 3.41. The molecule has 1 aromatic rings. The lowest BCUT2D eigenvalue weighted by Gasteiger charge is -2.34. The summed E-state index contributed by atoms with van der Waals surface area (Å²) in [5, 5.41) is 12.4. The lowest BCUT2D eigenvalue weighted by molar-refractivity contribution is -0.223. The van der Waals surface area contributed by atoms with Crippen LogP contribution in [0.2, 0.25) is 0 Å². The van der Waals surface area contributed by atoms with E-state index in [4.69, 9.17) is 0 Å². The maximum Gasteiger partial charge on any atom is 0.414 e. The van der Waals surface area contributed by atoms with Crippen LogP contribution >= 0.6 is 11.3 Å². The van der Waals surface area contributed by atoms with Gasteiger partial charge in [-0.2, -0.15) is 13.2 Å². The summed E-state index contributed by atoms with van der Waals surface area (Å²) < 4.78 is 37.4. The number of likely N-dealkylation sites (tertiary alicyclic amines) is 1. The molecular weight excluding hydrogens is 301 g/mol. The number of hydrogen-bond donors (Lipinski definition) is 1. The molecule has 120 valence electrons. The van der Waals surface area contributed by atoms with Gasteiger partial charge >= 0.3 is 6.18 Å². The predicted octanol–water partition coefficient (Wildman–Crippen LogP) is 3.02. The van der Waals surface area contributed by atoms with Gasteiger partial charge in [-0.1, -0.05) is 0 Å². The minimum Gasteiger partial charge on any atom is -0.383 e. The maximum absolute atomic E-state index is 12.5. The van der Waals surface area contributed by atoms with Gasteiger partial charge in [-0.25, -0.2) is 4.98 Å². The van der Waals surface area contributed by atoms with Crippen molar-refractivity contribution >= 4 is 11.3 Å². The van der Waals surface area contributed by atoms with Crippen molar-refractivity contribution in [1.82, 2.24) is 9.88 Å². The van der Waals surface area contributed by atoms with Crippen LogP contribution in [0.15, 0.2) is 5.38 Å². The quantitative estimate of drug-likeness (QED) is 0.905. The number of aliphatic hydroxyl groups is 1. The van der Waals surface area contributed by atoms with Crippen LogP contribution in [0.1, 0.15) is 30.0 Å². The molecule has 2 rings (SSSR count). The average Bonchev–Trinajstić information content (AvgIpc) is 2.83. The summed E-state index contributed by atoms with van der Waals surface area (Å²) in [6.07, 6.45) is -3.95. The van der Waals surface area contributed by atoms with Gasteiger partial charge in [0.2, 0.25) is 0 Å². The van der Waals surface area contributed by atoms with Crippen molar-refractivity contribution in [3.8, 4) is 0 Å². The van der Waals surface area contributed by atoms with E-state index in [-0.39, 0.29) is 0 Å². The summed E-state index contributed by atoms with van der Waals surface area (Å²) in [5.41, 5.74) is 1.10. The van der Waals surface area contributed by atoms with Gasteiger partial charge in [0.1, 0.15) is 0 Å². The van der Waals surface area contributed by atoms with E-state index in [2.05, 4.69) is 15.3 Å². The molecular formula is C14H21F3N2OS. The van der Waals surface area contributed by atoms with E-state index >= 15 is 0 Å². The highest BCUT2D eigenvalue weighted by Gasteiger charge is 2.43. The lowest BCUT2D eigenvalue weighted by Crippen LogP contribution is -2.43. The zero-order valence-electron chi connectivity index (χ0n) is 12.1. The number of hydrogen-bond acceptors (Lipinski definition) is 4. The topological polar surface area (TPSA) is 36.4 Å². The van der Waals surface area contributed by atoms with Gasteiger partial charge in [-0.05, 0) is 58.2 Å².